The van der Waals surface area contributed by atoms with Gasteiger partial charge in [-0.3, -0.25) is 0 Å². The van der Waals surface area contributed by atoms with E-state index < -0.39 is 5.41 Å². The number of nitrogens with zero attached hydrogens (tertiary/aromatic N) is 2. The molecule has 11 aromatic rings. The number of anilines is 6. The molecule has 0 aromatic heterocycles. The van der Waals surface area contributed by atoms with E-state index in [-0.39, 0.29) is 0 Å². The maximum absolute atomic E-state index is 2.47. The Labute approximate surface area is 404 Å². The molecule has 0 saturated heterocycles. The third kappa shape index (κ3) is 6.64. The molecule has 2 nitrogen and oxygen atoms in total. The lowest BCUT2D eigenvalue weighted by molar-refractivity contribution is 0.752. The molecule has 1 aliphatic carbocycles. The van der Waals surface area contributed by atoms with Gasteiger partial charge in [-0.15, -0.1) is 0 Å². The molecule has 324 valence electrons. The Morgan fingerprint density at radius 3 is 1.16 bits per heavy atom. The summed E-state index contributed by atoms with van der Waals surface area (Å²) in [5.41, 5.74) is 23.4. The average molecular weight is 879 g/mol. The molecule has 69 heavy (non-hydrogen) atoms. The normalized spacial score (nSPS) is 12.7. The molecule has 11 aromatic carbocycles. The van der Waals surface area contributed by atoms with Crippen LogP contribution in [0.3, 0.4) is 0 Å². The van der Waals surface area contributed by atoms with E-state index in [1.54, 1.807) is 0 Å². The molecule has 2 heteroatoms. The summed E-state index contributed by atoms with van der Waals surface area (Å²) in [6.45, 7) is 0. The highest BCUT2D eigenvalue weighted by atomic mass is 15.2. The van der Waals surface area contributed by atoms with Gasteiger partial charge in [0.05, 0.1) is 22.5 Å². The van der Waals surface area contributed by atoms with E-state index in [0.717, 1.165) is 28.3 Å². The molecular formula is C67H46N2. The van der Waals surface area contributed by atoms with Crippen molar-refractivity contribution in [3.63, 3.8) is 0 Å². The lowest BCUT2D eigenvalue weighted by Crippen LogP contribution is -2.36. The van der Waals surface area contributed by atoms with Gasteiger partial charge >= 0.3 is 0 Å². The lowest BCUT2D eigenvalue weighted by Gasteiger charge is -2.45. The second-order valence-corrected chi connectivity index (χ2v) is 18.0. The number of rotatable bonds is 8. The van der Waals surface area contributed by atoms with Gasteiger partial charge in [0.15, 0.2) is 0 Å². The lowest BCUT2D eigenvalue weighted by atomic mass is 9.64. The molecule has 2 aliphatic rings. The minimum Gasteiger partial charge on any atom is -0.310 e. The summed E-state index contributed by atoms with van der Waals surface area (Å²) in [6.07, 6.45) is 0. The van der Waals surface area contributed by atoms with Gasteiger partial charge in [-0.1, -0.05) is 206 Å². The quantitative estimate of drug-likeness (QED) is 0.150. The Balaban J connectivity index is 1.01. The van der Waals surface area contributed by atoms with Gasteiger partial charge in [0.2, 0.25) is 0 Å². The van der Waals surface area contributed by atoms with Gasteiger partial charge in [0.25, 0.3) is 0 Å². The van der Waals surface area contributed by atoms with Crippen molar-refractivity contribution in [3.05, 3.63) is 301 Å². The van der Waals surface area contributed by atoms with Crippen LogP contribution in [0.1, 0.15) is 22.3 Å². The fourth-order valence-electron chi connectivity index (χ4n) is 11.2. The van der Waals surface area contributed by atoms with Gasteiger partial charge in [-0.05, 0) is 145 Å². The molecule has 0 N–H and O–H groups in total. The van der Waals surface area contributed by atoms with Crippen LogP contribution in [0.2, 0.25) is 0 Å². The first-order valence-corrected chi connectivity index (χ1v) is 23.8. The minimum absolute atomic E-state index is 0.576. The van der Waals surface area contributed by atoms with Crippen LogP contribution in [0.5, 0.6) is 0 Å². The molecule has 1 aliphatic heterocycles. The van der Waals surface area contributed by atoms with Crippen molar-refractivity contribution in [1.82, 2.24) is 0 Å². The van der Waals surface area contributed by atoms with E-state index in [2.05, 4.69) is 289 Å². The Hall–Kier alpha value is -8.98. The molecule has 0 saturated carbocycles. The number of hydrogen-bond acceptors (Lipinski definition) is 2. The first kappa shape index (κ1) is 40.3. The summed E-state index contributed by atoms with van der Waals surface area (Å²) in [5.74, 6) is 0. The first-order chi connectivity index (χ1) is 34.2. The monoisotopic (exact) mass is 878 g/mol. The van der Waals surface area contributed by atoms with Crippen molar-refractivity contribution in [3.8, 4) is 55.6 Å². The van der Waals surface area contributed by atoms with Crippen molar-refractivity contribution in [1.29, 1.82) is 0 Å². The van der Waals surface area contributed by atoms with Crippen molar-refractivity contribution >= 4 is 34.1 Å². The van der Waals surface area contributed by atoms with Crippen LogP contribution in [-0.2, 0) is 5.41 Å². The minimum atomic E-state index is -0.576. The fourth-order valence-corrected chi connectivity index (χ4v) is 11.2. The standard InChI is InChI=1S/C67H46N2/c1-5-20-47(21-6-1)50-36-40-56(41-37-50)68(57-42-38-51(39-43-57)54-45-52(48-22-7-2-8-23-48)44-53(46-54)49-24-9-3-10-25-49)65-35-19-32-62-66(65)58-28-13-14-29-59(58)67(62)60-30-15-17-33-63(60)69(55-26-11-4-12-27-55)64-34-18-16-31-61(64)67/h1-46H. The highest BCUT2D eigenvalue weighted by molar-refractivity contribution is 6.01. The average Bonchev–Trinajstić information content (AvgIpc) is 3.73. The fraction of sp³-hybridized carbons (Fsp3) is 0.0149. The molecule has 0 amide bonds. The van der Waals surface area contributed by atoms with Crippen LogP contribution >= 0.6 is 0 Å². The van der Waals surface area contributed by atoms with Gasteiger partial charge < -0.3 is 9.80 Å². The Bertz CT molecular complexity index is 3530. The summed E-state index contributed by atoms with van der Waals surface area (Å²) in [4.78, 5) is 4.92. The molecule has 13 rings (SSSR count). The first-order valence-electron chi connectivity index (χ1n) is 23.8. The van der Waals surface area contributed by atoms with E-state index in [1.165, 1.54) is 83.7 Å². The summed E-state index contributed by atoms with van der Waals surface area (Å²) in [7, 11) is 0. The zero-order valence-corrected chi connectivity index (χ0v) is 38.0. The molecule has 0 bridgehead atoms. The second kappa shape index (κ2) is 16.7. The molecule has 0 radical (unpaired) electrons. The maximum Gasteiger partial charge on any atom is 0.0755 e. The van der Waals surface area contributed by atoms with Crippen molar-refractivity contribution in [2.75, 3.05) is 9.80 Å². The highest BCUT2D eigenvalue weighted by Gasteiger charge is 2.52. The zero-order valence-electron chi connectivity index (χ0n) is 38.0. The van der Waals surface area contributed by atoms with E-state index in [0.29, 0.717) is 0 Å². The predicted molar refractivity (Wildman–Crippen MR) is 288 cm³/mol. The number of hydrogen-bond donors (Lipinski definition) is 0. The number of para-hydroxylation sites is 3. The maximum atomic E-state index is 2.47. The van der Waals surface area contributed by atoms with Crippen LogP contribution in [0.4, 0.5) is 34.1 Å². The summed E-state index contributed by atoms with van der Waals surface area (Å²) < 4.78 is 0. The molecule has 0 unspecified atom stereocenters. The molecule has 1 spiro atoms. The van der Waals surface area contributed by atoms with Crippen LogP contribution < -0.4 is 9.80 Å². The van der Waals surface area contributed by atoms with Gasteiger partial charge in [-0.25, -0.2) is 0 Å². The number of fused-ring (bicyclic) bond motifs is 9. The number of benzene rings is 11. The largest absolute Gasteiger partial charge is 0.310 e. The van der Waals surface area contributed by atoms with E-state index in [4.69, 9.17) is 0 Å². The summed E-state index contributed by atoms with van der Waals surface area (Å²) in [6, 6.07) is 102. The Kier molecular flexibility index (Phi) is 9.77. The highest BCUT2D eigenvalue weighted by Crippen LogP contribution is 2.65. The molecule has 0 fully saturated rings. The van der Waals surface area contributed by atoms with Crippen molar-refractivity contribution in [2.24, 2.45) is 0 Å². The Morgan fingerprint density at radius 2 is 0.652 bits per heavy atom. The smallest absolute Gasteiger partial charge is 0.0755 e. The van der Waals surface area contributed by atoms with Gasteiger partial charge in [-0.2, -0.15) is 0 Å². The van der Waals surface area contributed by atoms with Crippen LogP contribution in [-0.4, -0.2) is 0 Å². The molecule has 1 heterocycles. The van der Waals surface area contributed by atoms with Crippen molar-refractivity contribution < 1.29 is 0 Å². The van der Waals surface area contributed by atoms with Gasteiger partial charge in [0.1, 0.15) is 0 Å². The van der Waals surface area contributed by atoms with Gasteiger partial charge in [0, 0.05) is 22.6 Å². The second-order valence-electron chi connectivity index (χ2n) is 18.0. The van der Waals surface area contributed by atoms with E-state index >= 15 is 0 Å². The third-order valence-electron chi connectivity index (χ3n) is 14.2. The molecule has 0 atom stereocenters. The van der Waals surface area contributed by atoms with Crippen LogP contribution in [0.25, 0.3) is 55.6 Å². The van der Waals surface area contributed by atoms with E-state index in [1.807, 2.05) is 0 Å². The topological polar surface area (TPSA) is 6.48 Å². The third-order valence-corrected chi connectivity index (χ3v) is 14.2. The summed E-state index contributed by atoms with van der Waals surface area (Å²) in [5, 5.41) is 0. The summed E-state index contributed by atoms with van der Waals surface area (Å²) >= 11 is 0. The van der Waals surface area contributed by atoms with Crippen molar-refractivity contribution in [2.45, 2.75) is 5.41 Å². The molecular weight excluding hydrogens is 833 g/mol. The van der Waals surface area contributed by atoms with Crippen LogP contribution in [0.15, 0.2) is 279 Å². The predicted octanol–water partition coefficient (Wildman–Crippen LogP) is 18.0. The van der Waals surface area contributed by atoms with E-state index in [9.17, 15) is 0 Å². The SMILES string of the molecule is c1ccc(-c2ccc(N(c3ccc(-c4cc(-c5ccccc5)cc(-c5ccccc5)c4)cc3)c3cccc4c3-c3ccccc3C43c4ccccc4N(c4ccccc4)c4ccccc43)cc2)cc1. The van der Waals surface area contributed by atoms with Crippen LogP contribution in [0, 0.1) is 0 Å². The Morgan fingerprint density at radius 1 is 0.275 bits per heavy atom. The zero-order chi connectivity index (χ0) is 45.7.